The first-order valence-corrected chi connectivity index (χ1v) is 4.73. The summed E-state index contributed by atoms with van der Waals surface area (Å²) in [5, 5.41) is 15.0. The summed E-state index contributed by atoms with van der Waals surface area (Å²) in [4.78, 5) is 11.2. The molecule has 0 spiro atoms. The van der Waals surface area contributed by atoms with Crippen LogP contribution in [0, 0.1) is 0 Å². The van der Waals surface area contributed by atoms with Crippen LogP contribution in [0.4, 0.5) is 10.6 Å². The molecule has 0 aliphatic rings. The van der Waals surface area contributed by atoms with E-state index in [4.69, 9.17) is 5.11 Å². The highest BCUT2D eigenvalue weighted by Crippen LogP contribution is 2.12. The highest BCUT2D eigenvalue weighted by Gasteiger charge is 2.09. The molecule has 0 saturated heterocycles. The van der Waals surface area contributed by atoms with E-state index in [0.717, 1.165) is 0 Å². The van der Waals surface area contributed by atoms with Crippen molar-refractivity contribution >= 4 is 11.9 Å². The molecule has 0 aliphatic heterocycles. The molecule has 0 unspecified atom stereocenters. The number of anilines is 1. The molecule has 0 atom stereocenters. The number of hydrogen-bond acceptors (Lipinski definition) is 4. The van der Waals surface area contributed by atoms with E-state index >= 15 is 0 Å². The van der Waals surface area contributed by atoms with Crippen LogP contribution < -0.4 is 5.32 Å². The molecule has 15 heavy (non-hydrogen) atoms. The quantitative estimate of drug-likeness (QED) is 0.782. The van der Waals surface area contributed by atoms with Crippen LogP contribution in [0.3, 0.4) is 0 Å². The van der Waals surface area contributed by atoms with Gasteiger partial charge in [-0.1, -0.05) is 0 Å². The molecule has 1 amide bonds. The van der Waals surface area contributed by atoms with Crippen LogP contribution in [0.1, 0.15) is 19.9 Å². The summed E-state index contributed by atoms with van der Waals surface area (Å²) in [6.07, 6.45) is 1.01. The first-order valence-electron chi connectivity index (χ1n) is 4.73. The number of nitrogens with zero attached hydrogens (tertiary/aromatic N) is 2. The molecule has 0 aromatic carbocycles. The molecule has 0 aliphatic carbocycles. The smallest absolute Gasteiger partial charge is 0.412 e. The van der Waals surface area contributed by atoms with Crippen molar-refractivity contribution in [2.24, 2.45) is 0 Å². The Morgan fingerprint density at radius 1 is 1.73 bits per heavy atom. The molecule has 0 fully saturated rings. The van der Waals surface area contributed by atoms with E-state index in [1.54, 1.807) is 16.9 Å². The Morgan fingerprint density at radius 2 is 2.47 bits per heavy atom. The molecular weight excluding hydrogens is 198 g/mol. The van der Waals surface area contributed by atoms with Crippen LogP contribution >= 0.6 is 0 Å². The minimum absolute atomic E-state index is 0.0123. The van der Waals surface area contributed by atoms with Gasteiger partial charge in [0.25, 0.3) is 0 Å². The Morgan fingerprint density at radius 3 is 3.07 bits per heavy atom. The van der Waals surface area contributed by atoms with Crippen LogP contribution in [0.25, 0.3) is 0 Å². The molecular formula is C9H15N3O3. The van der Waals surface area contributed by atoms with Gasteiger partial charge < -0.3 is 9.84 Å². The van der Waals surface area contributed by atoms with Gasteiger partial charge in [0.15, 0.2) is 0 Å². The van der Waals surface area contributed by atoms with E-state index in [0.29, 0.717) is 5.82 Å². The summed E-state index contributed by atoms with van der Waals surface area (Å²) >= 11 is 0. The lowest BCUT2D eigenvalue weighted by molar-refractivity contribution is 0.131. The number of amides is 1. The normalized spacial score (nSPS) is 10.4. The van der Waals surface area contributed by atoms with E-state index in [9.17, 15) is 4.79 Å². The SMILES string of the molecule is CC(C)n1nccc1NC(=O)OCCO. The Hall–Kier alpha value is -1.56. The van der Waals surface area contributed by atoms with Gasteiger partial charge in [-0.3, -0.25) is 5.32 Å². The van der Waals surface area contributed by atoms with Crippen molar-refractivity contribution in [3.05, 3.63) is 12.3 Å². The first-order chi connectivity index (χ1) is 7.15. The summed E-state index contributed by atoms with van der Waals surface area (Å²) in [6, 6.07) is 1.84. The monoisotopic (exact) mass is 213 g/mol. The maximum atomic E-state index is 11.2. The molecule has 6 nitrogen and oxygen atoms in total. The number of carbonyl (C=O) groups excluding carboxylic acids is 1. The van der Waals surface area contributed by atoms with Crippen molar-refractivity contribution in [3.8, 4) is 0 Å². The van der Waals surface area contributed by atoms with Gasteiger partial charge in [-0.15, -0.1) is 0 Å². The van der Waals surface area contributed by atoms with Crippen LogP contribution in [0.2, 0.25) is 0 Å². The molecule has 1 heterocycles. The number of carbonyl (C=O) groups is 1. The van der Waals surface area contributed by atoms with Gasteiger partial charge in [0.2, 0.25) is 0 Å². The molecule has 0 bridgehead atoms. The molecule has 1 rings (SSSR count). The molecule has 84 valence electrons. The van der Waals surface area contributed by atoms with Gasteiger partial charge in [-0.25, -0.2) is 9.48 Å². The third-order valence-corrected chi connectivity index (χ3v) is 1.71. The fourth-order valence-electron chi connectivity index (χ4n) is 1.10. The zero-order valence-electron chi connectivity index (χ0n) is 8.80. The number of aliphatic hydroxyl groups excluding tert-OH is 1. The third kappa shape index (κ3) is 3.25. The molecule has 1 aromatic rings. The molecule has 0 saturated carbocycles. The van der Waals surface area contributed by atoms with Crippen molar-refractivity contribution in [1.82, 2.24) is 9.78 Å². The van der Waals surface area contributed by atoms with Crippen molar-refractivity contribution in [2.75, 3.05) is 18.5 Å². The highest BCUT2D eigenvalue weighted by molar-refractivity contribution is 5.83. The molecule has 1 aromatic heterocycles. The molecule has 0 radical (unpaired) electrons. The summed E-state index contributed by atoms with van der Waals surface area (Å²) in [5.41, 5.74) is 0. The predicted octanol–water partition coefficient (Wildman–Crippen LogP) is 1.00. The van der Waals surface area contributed by atoms with Gasteiger partial charge in [0.1, 0.15) is 12.4 Å². The van der Waals surface area contributed by atoms with Crippen LogP contribution in [-0.2, 0) is 4.74 Å². The number of aromatic nitrogens is 2. The van der Waals surface area contributed by atoms with Crippen molar-refractivity contribution in [2.45, 2.75) is 19.9 Å². The van der Waals surface area contributed by atoms with Crippen molar-refractivity contribution in [3.63, 3.8) is 0 Å². The topological polar surface area (TPSA) is 76.4 Å². The lowest BCUT2D eigenvalue weighted by Crippen LogP contribution is -2.19. The summed E-state index contributed by atoms with van der Waals surface area (Å²) < 4.78 is 6.32. The van der Waals surface area contributed by atoms with E-state index in [2.05, 4.69) is 15.2 Å². The van der Waals surface area contributed by atoms with Gasteiger partial charge >= 0.3 is 6.09 Å². The number of ether oxygens (including phenoxy) is 1. The summed E-state index contributed by atoms with van der Waals surface area (Å²) in [6.45, 7) is 3.72. The minimum Gasteiger partial charge on any atom is -0.447 e. The maximum Gasteiger partial charge on any atom is 0.412 e. The van der Waals surface area contributed by atoms with Crippen LogP contribution in [0.15, 0.2) is 12.3 Å². The third-order valence-electron chi connectivity index (χ3n) is 1.71. The van der Waals surface area contributed by atoms with Gasteiger partial charge in [-0.2, -0.15) is 5.10 Å². The lowest BCUT2D eigenvalue weighted by atomic mass is 10.4. The minimum atomic E-state index is -0.591. The van der Waals surface area contributed by atoms with Gasteiger partial charge in [-0.05, 0) is 13.8 Å². The van der Waals surface area contributed by atoms with Crippen LogP contribution in [-0.4, -0.2) is 34.2 Å². The summed E-state index contributed by atoms with van der Waals surface area (Å²) in [5.74, 6) is 0.577. The predicted molar refractivity (Wildman–Crippen MR) is 54.7 cm³/mol. The Balaban J connectivity index is 2.56. The second kappa shape index (κ2) is 5.35. The van der Waals surface area contributed by atoms with Crippen molar-refractivity contribution < 1.29 is 14.6 Å². The largest absolute Gasteiger partial charge is 0.447 e. The number of aliphatic hydroxyl groups is 1. The van der Waals surface area contributed by atoms with Gasteiger partial charge in [0.05, 0.1) is 12.8 Å². The van der Waals surface area contributed by atoms with Gasteiger partial charge in [0, 0.05) is 12.1 Å². The Kier molecular flexibility index (Phi) is 4.11. The van der Waals surface area contributed by atoms with E-state index in [1.807, 2.05) is 13.8 Å². The first kappa shape index (κ1) is 11.5. The molecule has 6 heteroatoms. The summed E-state index contributed by atoms with van der Waals surface area (Å²) in [7, 11) is 0. The Bertz CT molecular complexity index is 322. The zero-order valence-corrected chi connectivity index (χ0v) is 8.80. The fourth-order valence-corrected chi connectivity index (χ4v) is 1.10. The standard InChI is InChI=1S/C9H15N3O3/c1-7(2)12-8(3-4-10-12)11-9(14)15-6-5-13/h3-4,7,13H,5-6H2,1-2H3,(H,11,14). The molecule has 2 N–H and O–H groups in total. The second-order valence-electron chi connectivity index (χ2n) is 3.24. The average molecular weight is 213 g/mol. The zero-order chi connectivity index (χ0) is 11.3. The lowest BCUT2D eigenvalue weighted by Gasteiger charge is -2.11. The highest BCUT2D eigenvalue weighted by atomic mass is 16.6. The van der Waals surface area contributed by atoms with E-state index < -0.39 is 6.09 Å². The fraction of sp³-hybridized carbons (Fsp3) is 0.556. The number of hydrogen-bond donors (Lipinski definition) is 2. The van der Waals surface area contributed by atoms with Crippen LogP contribution in [0.5, 0.6) is 0 Å². The van der Waals surface area contributed by atoms with E-state index in [1.165, 1.54) is 0 Å². The average Bonchev–Trinajstić information content (AvgIpc) is 2.62. The number of nitrogens with one attached hydrogen (secondary N) is 1. The second-order valence-corrected chi connectivity index (χ2v) is 3.24. The Labute approximate surface area is 87.8 Å². The number of rotatable bonds is 4. The van der Waals surface area contributed by atoms with Crippen molar-refractivity contribution in [1.29, 1.82) is 0 Å². The maximum absolute atomic E-state index is 11.2. The van der Waals surface area contributed by atoms with E-state index in [-0.39, 0.29) is 19.3 Å².